The molecule has 4 nitrogen and oxygen atoms in total. The molecule has 0 bridgehead atoms. The van der Waals surface area contributed by atoms with E-state index in [1.807, 2.05) is 11.3 Å². The minimum atomic E-state index is 0.0692. The molecule has 4 heterocycles. The molecule has 0 spiro atoms. The molecule has 0 fully saturated rings. The molecule has 0 saturated heterocycles. The summed E-state index contributed by atoms with van der Waals surface area (Å²) in [5.74, 6) is 0.844. The average Bonchev–Trinajstić information content (AvgIpc) is 3.21. The van der Waals surface area contributed by atoms with E-state index in [1.165, 1.54) is 38.6 Å². The first-order valence-corrected chi connectivity index (χ1v) is 10.8. The molecule has 0 aromatic carbocycles. The van der Waals surface area contributed by atoms with E-state index < -0.39 is 0 Å². The summed E-state index contributed by atoms with van der Waals surface area (Å²) >= 11 is 3.61. The van der Waals surface area contributed by atoms with Crippen LogP contribution in [0.2, 0.25) is 0 Å². The van der Waals surface area contributed by atoms with Gasteiger partial charge in [0.2, 0.25) is 0 Å². The quantitative estimate of drug-likeness (QED) is 0.727. The second kappa shape index (κ2) is 6.04. The average molecular weight is 373 g/mol. The number of aryl methyl sites for hydroxylation is 2. The van der Waals surface area contributed by atoms with Crippen LogP contribution in [0.25, 0.3) is 10.2 Å². The van der Waals surface area contributed by atoms with Crippen LogP contribution in [0.4, 0.5) is 0 Å². The van der Waals surface area contributed by atoms with Gasteiger partial charge < -0.3 is 9.88 Å². The number of aromatic nitrogens is 2. The van der Waals surface area contributed by atoms with E-state index in [0.717, 1.165) is 48.4 Å². The van der Waals surface area contributed by atoms with Crippen molar-refractivity contribution in [2.45, 2.75) is 51.6 Å². The molecule has 6 heteroatoms. The first-order chi connectivity index (χ1) is 12.2. The van der Waals surface area contributed by atoms with Crippen LogP contribution < -0.4 is 10.5 Å². The third kappa shape index (κ3) is 2.58. The van der Waals surface area contributed by atoms with Crippen molar-refractivity contribution in [1.82, 2.24) is 9.97 Å². The lowest BCUT2D eigenvalue weighted by Crippen LogP contribution is -3.11. The van der Waals surface area contributed by atoms with E-state index in [1.54, 1.807) is 11.3 Å². The third-order valence-electron chi connectivity index (χ3n) is 5.80. The van der Waals surface area contributed by atoms with Gasteiger partial charge in [0.1, 0.15) is 17.4 Å². The highest BCUT2D eigenvalue weighted by Crippen LogP contribution is 2.33. The van der Waals surface area contributed by atoms with Crippen LogP contribution in [0, 0.1) is 0 Å². The maximum absolute atomic E-state index is 12.7. The van der Waals surface area contributed by atoms with Crippen molar-refractivity contribution in [3.05, 3.63) is 48.5 Å². The standard InChI is InChI=1S/C19H21N3OS2/c1-11-12-7-9-24-14(12)6-8-22(11)10-16-20-18(23)17-13-4-2-3-5-15(13)25-19(17)21-16/h7,9,11H,2-6,8,10H2,1H3,(H,20,21,23)/p+1/t11-/m1/s1. The minimum Gasteiger partial charge on any atom is -0.322 e. The lowest BCUT2D eigenvalue weighted by Gasteiger charge is -2.30. The summed E-state index contributed by atoms with van der Waals surface area (Å²) in [6.45, 7) is 4.20. The molecule has 2 N–H and O–H groups in total. The van der Waals surface area contributed by atoms with Gasteiger partial charge in [-0.3, -0.25) is 4.79 Å². The van der Waals surface area contributed by atoms with Crippen molar-refractivity contribution in [2.24, 2.45) is 0 Å². The number of H-pyrrole nitrogens is 1. The highest BCUT2D eigenvalue weighted by molar-refractivity contribution is 7.18. The summed E-state index contributed by atoms with van der Waals surface area (Å²) < 4.78 is 0. The zero-order chi connectivity index (χ0) is 17.0. The van der Waals surface area contributed by atoms with Crippen molar-refractivity contribution in [2.75, 3.05) is 6.54 Å². The van der Waals surface area contributed by atoms with Crippen molar-refractivity contribution in [3.63, 3.8) is 0 Å². The fraction of sp³-hybridized carbons (Fsp3) is 0.474. The topological polar surface area (TPSA) is 50.2 Å². The normalized spacial score (nSPS) is 22.8. The van der Waals surface area contributed by atoms with Crippen molar-refractivity contribution >= 4 is 32.9 Å². The number of nitrogens with zero attached hydrogens (tertiary/aromatic N) is 1. The van der Waals surface area contributed by atoms with Crippen LogP contribution in [-0.2, 0) is 25.8 Å². The molecule has 2 aliphatic rings. The van der Waals surface area contributed by atoms with Gasteiger partial charge in [0.25, 0.3) is 5.56 Å². The van der Waals surface area contributed by atoms with Gasteiger partial charge in [-0.25, -0.2) is 4.98 Å². The van der Waals surface area contributed by atoms with Crippen LogP contribution in [-0.4, -0.2) is 16.5 Å². The Kier molecular flexibility index (Phi) is 3.80. The maximum Gasteiger partial charge on any atom is 0.260 e. The fourth-order valence-electron chi connectivity index (χ4n) is 4.40. The van der Waals surface area contributed by atoms with Crippen molar-refractivity contribution in [1.29, 1.82) is 0 Å². The van der Waals surface area contributed by atoms with Crippen LogP contribution in [0.1, 0.15) is 52.5 Å². The number of nitrogens with one attached hydrogen (secondary N) is 2. The van der Waals surface area contributed by atoms with E-state index in [2.05, 4.69) is 23.4 Å². The molecule has 5 rings (SSSR count). The Hall–Kier alpha value is -1.50. The highest BCUT2D eigenvalue weighted by Gasteiger charge is 2.29. The Morgan fingerprint density at radius 2 is 2.16 bits per heavy atom. The molecular formula is C19H22N3OS2+. The number of thiophene rings is 2. The first-order valence-electron chi connectivity index (χ1n) is 9.15. The first kappa shape index (κ1) is 15.7. The van der Waals surface area contributed by atoms with Gasteiger partial charge in [0.15, 0.2) is 5.82 Å². The molecule has 0 amide bonds. The largest absolute Gasteiger partial charge is 0.322 e. The molecule has 130 valence electrons. The minimum absolute atomic E-state index is 0.0692. The Labute approximate surface area is 154 Å². The van der Waals surface area contributed by atoms with Crippen LogP contribution in [0.3, 0.4) is 0 Å². The molecule has 1 unspecified atom stereocenters. The number of hydrogen-bond donors (Lipinski definition) is 2. The van der Waals surface area contributed by atoms with Gasteiger partial charge in [0, 0.05) is 21.7 Å². The van der Waals surface area contributed by atoms with E-state index in [0.29, 0.717) is 6.04 Å². The number of rotatable bonds is 2. The summed E-state index contributed by atoms with van der Waals surface area (Å²) in [4.78, 5) is 26.0. The van der Waals surface area contributed by atoms with E-state index >= 15 is 0 Å². The molecule has 2 atom stereocenters. The van der Waals surface area contributed by atoms with Gasteiger partial charge in [0.05, 0.1) is 11.9 Å². The Morgan fingerprint density at radius 1 is 1.28 bits per heavy atom. The molecule has 1 aliphatic heterocycles. The number of quaternary nitrogens is 1. The number of aromatic amines is 1. The van der Waals surface area contributed by atoms with Gasteiger partial charge in [-0.05, 0) is 49.6 Å². The van der Waals surface area contributed by atoms with Crippen molar-refractivity contribution < 1.29 is 4.90 Å². The highest BCUT2D eigenvalue weighted by atomic mass is 32.1. The van der Waals surface area contributed by atoms with Gasteiger partial charge in [-0.1, -0.05) is 0 Å². The predicted molar refractivity (Wildman–Crippen MR) is 103 cm³/mol. The Balaban J connectivity index is 1.49. The second-order valence-corrected chi connectivity index (χ2v) is 9.34. The van der Waals surface area contributed by atoms with Crippen LogP contribution >= 0.6 is 22.7 Å². The summed E-state index contributed by atoms with van der Waals surface area (Å²) in [6, 6.07) is 2.73. The molecule has 1 aliphatic carbocycles. The zero-order valence-electron chi connectivity index (χ0n) is 14.4. The SMILES string of the molecule is C[C@@H]1c2ccsc2CC[NH+]1Cc1nc2sc3c(c2c(=O)[nH]1)CCCC3. The predicted octanol–water partition coefficient (Wildman–Crippen LogP) is 2.63. The smallest absolute Gasteiger partial charge is 0.260 e. The number of hydrogen-bond acceptors (Lipinski definition) is 4. The summed E-state index contributed by atoms with van der Waals surface area (Å²) in [5.41, 5.74) is 2.81. The Bertz CT molecular complexity index is 1000. The van der Waals surface area contributed by atoms with Gasteiger partial charge >= 0.3 is 0 Å². The van der Waals surface area contributed by atoms with E-state index in [-0.39, 0.29) is 5.56 Å². The molecule has 25 heavy (non-hydrogen) atoms. The van der Waals surface area contributed by atoms with E-state index in [4.69, 9.17) is 4.98 Å². The Morgan fingerprint density at radius 3 is 3.08 bits per heavy atom. The fourth-order valence-corrected chi connectivity index (χ4v) is 6.66. The summed E-state index contributed by atoms with van der Waals surface area (Å²) in [5, 5.41) is 3.07. The molecule has 0 saturated carbocycles. The van der Waals surface area contributed by atoms with Gasteiger partial charge in [-0.15, -0.1) is 22.7 Å². The third-order valence-corrected chi connectivity index (χ3v) is 7.98. The summed E-state index contributed by atoms with van der Waals surface area (Å²) in [6.07, 6.45) is 5.71. The summed E-state index contributed by atoms with van der Waals surface area (Å²) in [7, 11) is 0. The van der Waals surface area contributed by atoms with Gasteiger partial charge in [-0.2, -0.15) is 0 Å². The molecule has 0 radical (unpaired) electrons. The van der Waals surface area contributed by atoms with Crippen LogP contribution in [0.15, 0.2) is 16.2 Å². The monoisotopic (exact) mass is 372 g/mol. The molecule has 3 aromatic heterocycles. The maximum atomic E-state index is 12.7. The lowest BCUT2D eigenvalue weighted by molar-refractivity contribution is -0.945. The lowest BCUT2D eigenvalue weighted by atomic mass is 9.97. The molecular weight excluding hydrogens is 350 g/mol. The zero-order valence-corrected chi connectivity index (χ0v) is 16.0. The number of fused-ring (bicyclic) bond motifs is 4. The van der Waals surface area contributed by atoms with Crippen molar-refractivity contribution in [3.8, 4) is 0 Å². The van der Waals surface area contributed by atoms with Crippen LogP contribution in [0.5, 0.6) is 0 Å². The molecule has 3 aromatic rings. The second-order valence-electron chi connectivity index (χ2n) is 7.26. The van der Waals surface area contributed by atoms with E-state index in [9.17, 15) is 4.79 Å².